The Labute approximate surface area is 129 Å². The molecule has 2 aromatic rings. The van der Waals surface area contributed by atoms with Crippen molar-refractivity contribution in [1.82, 2.24) is 15.0 Å². The van der Waals surface area contributed by atoms with Gasteiger partial charge in [-0.05, 0) is 30.9 Å². The molecule has 1 aliphatic heterocycles. The molecule has 112 valence electrons. The molecule has 0 saturated carbocycles. The van der Waals surface area contributed by atoms with Crippen LogP contribution >= 0.6 is 0 Å². The maximum absolute atomic E-state index is 8.90. The summed E-state index contributed by atoms with van der Waals surface area (Å²) in [6.45, 7) is 2.44. The highest BCUT2D eigenvalue weighted by molar-refractivity contribution is 5.34. The summed E-state index contributed by atoms with van der Waals surface area (Å²) >= 11 is 0. The number of ether oxygens (including phenoxy) is 1. The fourth-order valence-electron chi connectivity index (χ4n) is 2.50. The van der Waals surface area contributed by atoms with Gasteiger partial charge in [-0.15, -0.1) is 0 Å². The Bertz CT molecular complexity index is 647. The van der Waals surface area contributed by atoms with E-state index in [1.807, 2.05) is 24.3 Å². The molecule has 6 heteroatoms. The maximum Gasteiger partial charge on any atom is 0.226 e. The monoisotopic (exact) mass is 295 g/mol. The minimum Gasteiger partial charge on any atom is -0.477 e. The molecular weight excluding hydrogens is 278 g/mol. The largest absolute Gasteiger partial charge is 0.477 e. The molecule has 0 aromatic carbocycles. The van der Waals surface area contributed by atoms with Crippen molar-refractivity contribution in [2.75, 3.05) is 24.6 Å². The molecule has 0 unspecified atom stereocenters. The predicted octanol–water partition coefficient (Wildman–Crippen LogP) is 2.04. The second-order valence-electron chi connectivity index (χ2n) is 5.26. The van der Waals surface area contributed by atoms with Crippen molar-refractivity contribution in [3.05, 3.63) is 42.4 Å². The topological polar surface area (TPSA) is 74.9 Å². The van der Waals surface area contributed by atoms with Crippen molar-refractivity contribution in [1.29, 1.82) is 5.26 Å². The fourth-order valence-corrected chi connectivity index (χ4v) is 2.50. The number of anilines is 1. The van der Waals surface area contributed by atoms with Gasteiger partial charge in [0.15, 0.2) is 0 Å². The predicted molar refractivity (Wildman–Crippen MR) is 81.4 cm³/mol. The van der Waals surface area contributed by atoms with E-state index >= 15 is 0 Å². The summed E-state index contributed by atoms with van der Waals surface area (Å²) in [5.41, 5.74) is 0.408. The molecule has 0 bridgehead atoms. The SMILES string of the molecule is N#Cc1ccnc(N2CCC(COc3ccccn3)CC2)n1. The van der Waals surface area contributed by atoms with Crippen LogP contribution in [0.5, 0.6) is 5.88 Å². The quantitative estimate of drug-likeness (QED) is 0.859. The van der Waals surface area contributed by atoms with Gasteiger partial charge in [-0.1, -0.05) is 6.07 Å². The molecule has 0 N–H and O–H groups in total. The molecule has 0 atom stereocenters. The lowest BCUT2D eigenvalue weighted by molar-refractivity contribution is 0.215. The van der Waals surface area contributed by atoms with Crippen molar-refractivity contribution in [2.45, 2.75) is 12.8 Å². The van der Waals surface area contributed by atoms with Crippen LogP contribution in [0.1, 0.15) is 18.5 Å². The van der Waals surface area contributed by atoms with E-state index < -0.39 is 0 Å². The van der Waals surface area contributed by atoms with Crippen LogP contribution in [-0.2, 0) is 0 Å². The van der Waals surface area contributed by atoms with Gasteiger partial charge in [-0.3, -0.25) is 0 Å². The second kappa shape index (κ2) is 6.85. The molecule has 3 rings (SSSR count). The van der Waals surface area contributed by atoms with E-state index in [0.29, 0.717) is 30.0 Å². The molecule has 0 aliphatic carbocycles. The zero-order valence-electron chi connectivity index (χ0n) is 12.2. The van der Waals surface area contributed by atoms with E-state index in [1.54, 1.807) is 18.5 Å². The number of nitriles is 1. The van der Waals surface area contributed by atoms with Gasteiger partial charge in [-0.2, -0.15) is 5.26 Å². The number of hydrogen-bond acceptors (Lipinski definition) is 6. The van der Waals surface area contributed by atoms with Crippen molar-refractivity contribution in [3.63, 3.8) is 0 Å². The fraction of sp³-hybridized carbons (Fsp3) is 0.375. The van der Waals surface area contributed by atoms with Crippen LogP contribution in [-0.4, -0.2) is 34.6 Å². The first-order valence-corrected chi connectivity index (χ1v) is 7.37. The lowest BCUT2D eigenvalue weighted by atomic mass is 9.98. The van der Waals surface area contributed by atoms with E-state index in [4.69, 9.17) is 10.00 Å². The van der Waals surface area contributed by atoms with Gasteiger partial charge in [0.2, 0.25) is 11.8 Å². The first-order valence-electron chi connectivity index (χ1n) is 7.37. The number of nitrogens with zero attached hydrogens (tertiary/aromatic N) is 5. The maximum atomic E-state index is 8.90. The Balaban J connectivity index is 1.51. The molecular formula is C16H17N5O. The van der Waals surface area contributed by atoms with E-state index in [-0.39, 0.29) is 0 Å². The number of hydrogen-bond donors (Lipinski definition) is 0. The van der Waals surface area contributed by atoms with Gasteiger partial charge in [0.1, 0.15) is 11.8 Å². The van der Waals surface area contributed by atoms with Crippen LogP contribution in [0.25, 0.3) is 0 Å². The van der Waals surface area contributed by atoms with Crippen molar-refractivity contribution in [2.24, 2.45) is 5.92 Å². The van der Waals surface area contributed by atoms with Gasteiger partial charge in [0.25, 0.3) is 0 Å². The third-order valence-electron chi connectivity index (χ3n) is 3.76. The van der Waals surface area contributed by atoms with Crippen LogP contribution < -0.4 is 9.64 Å². The molecule has 22 heavy (non-hydrogen) atoms. The molecule has 1 saturated heterocycles. The molecule has 0 radical (unpaired) electrons. The molecule has 1 fully saturated rings. The normalized spacial score (nSPS) is 15.3. The van der Waals surface area contributed by atoms with E-state index in [1.165, 1.54) is 0 Å². The Morgan fingerprint density at radius 1 is 1.18 bits per heavy atom. The summed E-state index contributed by atoms with van der Waals surface area (Å²) in [5, 5.41) is 8.90. The zero-order valence-corrected chi connectivity index (χ0v) is 12.2. The summed E-state index contributed by atoms with van der Waals surface area (Å²) in [6.07, 6.45) is 5.41. The molecule has 0 spiro atoms. The van der Waals surface area contributed by atoms with E-state index in [9.17, 15) is 0 Å². The zero-order chi connectivity index (χ0) is 15.2. The second-order valence-corrected chi connectivity index (χ2v) is 5.26. The highest BCUT2D eigenvalue weighted by Gasteiger charge is 2.21. The lowest BCUT2D eigenvalue weighted by Gasteiger charge is -2.31. The third-order valence-corrected chi connectivity index (χ3v) is 3.76. The third kappa shape index (κ3) is 3.50. The van der Waals surface area contributed by atoms with Crippen LogP contribution in [0.3, 0.4) is 0 Å². The Kier molecular flexibility index (Phi) is 4.44. The minimum absolute atomic E-state index is 0.408. The smallest absolute Gasteiger partial charge is 0.226 e. The van der Waals surface area contributed by atoms with Crippen molar-refractivity contribution in [3.8, 4) is 11.9 Å². The van der Waals surface area contributed by atoms with E-state index in [2.05, 4.69) is 19.9 Å². The van der Waals surface area contributed by atoms with Gasteiger partial charge >= 0.3 is 0 Å². The molecule has 6 nitrogen and oxygen atoms in total. The standard InChI is InChI=1S/C16H17N5O/c17-11-14-4-8-19-16(20-14)21-9-5-13(6-10-21)12-22-15-3-1-2-7-18-15/h1-4,7-8,13H,5-6,9-10,12H2. The average Bonchev–Trinajstić information content (AvgIpc) is 2.61. The lowest BCUT2D eigenvalue weighted by Crippen LogP contribution is -2.36. The highest BCUT2D eigenvalue weighted by Crippen LogP contribution is 2.21. The Morgan fingerprint density at radius 2 is 2.05 bits per heavy atom. The average molecular weight is 295 g/mol. The molecule has 3 heterocycles. The van der Waals surface area contributed by atoms with E-state index in [0.717, 1.165) is 25.9 Å². The first-order chi connectivity index (χ1) is 10.8. The van der Waals surface area contributed by atoms with Crippen LogP contribution in [0.15, 0.2) is 36.7 Å². The minimum atomic E-state index is 0.408. The highest BCUT2D eigenvalue weighted by atomic mass is 16.5. The summed E-state index contributed by atoms with van der Waals surface area (Å²) in [7, 11) is 0. The first kappa shape index (κ1) is 14.3. The van der Waals surface area contributed by atoms with Gasteiger partial charge in [0.05, 0.1) is 6.61 Å². The van der Waals surface area contributed by atoms with Crippen LogP contribution in [0, 0.1) is 17.2 Å². The molecule has 2 aromatic heterocycles. The number of rotatable bonds is 4. The van der Waals surface area contributed by atoms with Crippen molar-refractivity contribution >= 4 is 5.95 Å². The summed E-state index contributed by atoms with van der Waals surface area (Å²) in [4.78, 5) is 14.8. The Morgan fingerprint density at radius 3 is 2.77 bits per heavy atom. The van der Waals surface area contributed by atoms with Crippen LogP contribution in [0.4, 0.5) is 5.95 Å². The summed E-state index contributed by atoms with van der Waals surface area (Å²) in [5.74, 6) is 1.83. The number of aromatic nitrogens is 3. The Hall–Kier alpha value is -2.68. The number of pyridine rings is 1. The van der Waals surface area contributed by atoms with Gasteiger partial charge in [-0.25, -0.2) is 15.0 Å². The number of piperidine rings is 1. The molecule has 0 amide bonds. The van der Waals surface area contributed by atoms with Crippen LogP contribution in [0.2, 0.25) is 0 Å². The van der Waals surface area contributed by atoms with Gasteiger partial charge < -0.3 is 9.64 Å². The van der Waals surface area contributed by atoms with Gasteiger partial charge in [0, 0.05) is 31.5 Å². The summed E-state index contributed by atoms with van der Waals surface area (Å²) in [6, 6.07) is 9.34. The summed E-state index contributed by atoms with van der Waals surface area (Å²) < 4.78 is 5.72. The molecule has 1 aliphatic rings. The van der Waals surface area contributed by atoms with Crippen molar-refractivity contribution < 1.29 is 4.74 Å².